The van der Waals surface area contributed by atoms with Gasteiger partial charge < -0.3 is 15.0 Å². The molecule has 1 N–H and O–H groups in total. The number of carbonyl (C=O) groups excluding carboxylic acids is 1. The number of halogens is 1. The van der Waals surface area contributed by atoms with Crippen LogP contribution in [-0.4, -0.2) is 36.9 Å². The molecule has 0 saturated carbocycles. The number of nitrogens with one attached hydrogen (secondary N) is 1. The van der Waals surface area contributed by atoms with Gasteiger partial charge in [-0.05, 0) is 19.1 Å². The molecule has 0 amide bonds. The Hall–Kier alpha value is -2.47. The van der Waals surface area contributed by atoms with Crippen LogP contribution in [0, 0.1) is 5.82 Å². The van der Waals surface area contributed by atoms with Gasteiger partial charge in [0.25, 0.3) is 0 Å². The number of benzene rings is 1. The molecular weight excluding hydrogens is 309 g/mol. The maximum atomic E-state index is 13.9. The normalized spacial score (nSPS) is 17.6. The molecule has 6 heteroatoms. The average molecular weight is 329 g/mol. The number of nitrogens with zero attached hydrogens (tertiary/aromatic N) is 2. The number of aromatic nitrogens is 1. The Labute approximate surface area is 140 Å². The zero-order valence-electron chi connectivity index (χ0n) is 13.5. The van der Waals surface area contributed by atoms with Crippen molar-refractivity contribution in [3.05, 3.63) is 53.3 Å². The van der Waals surface area contributed by atoms with Crippen molar-refractivity contribution in [2.75, 3.05) is 24.5 Å². The van der Waals surface area contributed by atoms with E-state index in [1.807, 2.05) is 12.1 Å². The lowest BCUT2D eigenvalue weighted by Gasteiger charge is -2.32. The van der Waals surface area contributed by atoms with Crippen LogP contribution in [-0.2, 0) is 6.61 Å². The number of ether oxygens (including phenoxy) is 1. The second-order valence-corrected chi connectivity index (χ2v) is 5.89. The molecule has 3 rings (SSSR count). The van der Waals surface area contributed by atoms with Gasteiger partial charge in [-0.15, -0.1) is 0 Å². The molecule has 126 valence electrons. The molecule has 1 aromatic heterocycles. The van der Waals surface area contributed by atoms with E-state index >= 15 is 0 Å². The highest BCUT2D eigenvalue weighted by Crippen LogP contribution is 2.19. The molecule has 0 spiro atoms. The summed E-state index contributed by atoms with van der Waals surface area (Å²) in [5, 5.41) is 3.39. The van der Waals surface area contributed by atoms with Gasteiger partial charge in [0.15, 0.2) is 0 Å². The standard InChI is InChI=1S/C18H20FN3O2/c1-13-10-22(8-7-20-13)17-3-2-4-18(21-17)24-12-15-6-5-14(11-23)9-16(15)19/h2-6,9,11,13,20H,7-8,10,12H2,1H3. The van der Waals surface area contributed by atoms with Crippen LogP contribution in [0.2, 0.25) is 0 Å². The third-order valence-corrected chi connectivity index (χ3v) is 3.99. The van der Waals surface area contributed by atoms with Crippen LogP contribution in [0.25, 0.3) is 0 Å². The number of rotatable bonds is 5. The van der Waals surface area contributed by atoms with Gasteiger partial charge in [-0.25, -0.2) is 4.39 Å². The van der Waals surface area contributed by atoms with Gasteiger partial charge in [-0.1, -0.05) is 18.2 Å². The molecular formula is C18H20FN3O2. The van der Waals surface area contributed by atoms with Crippen molar-refractivity contribution in [1.29, 1.82) is 0 Å². The minimum absolute atomic E-state index is 0.0688. The Kier molecular flexibility index (Phi) is 5.05. The maximum absolute atomic E-state index is 13.9. The smallest absolute Gasteiger partial charge is 0.215 e. The lowest BCUT2D eigenvalue weighted by Crippen LogP contribution is -2.49. The molecule has 1 aromatic carbocycles. The molecule has 1 aliphatic rings. The highest BCUT2D eigenvalue weighted by molar-refractivity contribution is 5.74. The summed E-state index contributed by atoms with van der Waals surface area (Å²) in [4.78, 5) is 17.4. The summed E-state index contributed by atoms with van der Waals surface area (Å²) < 4.78 is 19.5. The molecule has 1 fully saturated rings. The molecule has 1 aliphatic heterocycles. The van der Waals surface area contributed by atoms with Gasteiger partial charge in [-0.2, -0.15) is 4.98 Å². The van der Waals surface area contributed by atoms with E-state index in [1.54, 1.807) is 18.2 Å². The number of hydrogen-bond donors (Lipinski definition) is 1. The SMILES string of the molecule is CC1CN(c2cccc(OCc3ccc(C=O)cc3F)n2)CCN1. The number of hydrogen-bond acceptors (Lipinski definition) is 5. The van der Waals surface area contributed by atoms with Crippen LogP contribution >= 0.6 is 0 Å². The van der Waals surface area contributed by atoms with Crippen LogP contribution in [0.15, 0.2) is 36.4 Å². The molecule has 2 aromatic rings. The van der Waals surface area contributed by atoms with E-state index < -0.39 is 5.82 Å². The average Bonchev–Trinajstić information content (AvgIpc) is 2.61. The van der Waals surface area contributed by atoms with E-state index in [0.29, 0.717) is 29.3 Å². The maximum Gasteiger partial charge on any atom is 0.215 e. The first kappa shape index (κ1) is 16.4. The number of aldehydes is 1. The number of anilines is 1. The lowest BCUT2D eigenvalue weighted by molar-refractivity contribution is 0.112. The van der Waals surface area contributed by atoms with Crippen molar-refractivity contribution < 1.29 is 13.9 Å². The van der Waals surface area contributed by atoms with E-state index in [-0.39, 0.29) is 6.61 Å². The molecule has 1 saturated heterocycles. The van der Waals surface area contributed by atoms with Gasteiger partial charge in [0, 0.05) is 42.9 Å². The zero-order valence-corrected chi connectivity index (χ0v) is 13.5. The summed E-state index contributed by atoms with van der Waals surface area (Å²) in [6.45, 7) is 4.90. The Morgan fingerprint density at radius 2 is 2.29 bits per heavy atom. The Balaban J connectivity index is 1.67. The first-order chi connectivity index (χ1) is 11.7. The Bertz CT molecular complexity index is 723. The fraction of sp³-hybridized carbons (Fsp3) is 0.333. The highest BCUT2D eigenvalue weighted by atomic mass is 19.1. The largest absolute Gasteiger partial charge is 0.473 e. The monoisotopic (exact) mass is 329 g/mol. The molecule has 5 nitrogen and oxygen atoms in total. The van der Waals surface area contributed by atoms with Crippen LogP contribution in [0.3, 0.4) is 0 Å². The van der Waals surface area contributed by atoms with Crippen LogP contribution in [0.4, 0.5) is 10.2 Å². The van der Waals surface area contributed by atoms with Gasteiger partial charge >= 0.3 is 0 Å². The number of carbonyl (C=O) groups is 1. The summed E-state index contributed by atoms with van der Waals surface area (Å²) in [6.07, 6.45) is 0.618. The fourth-order valence-corrected chi connectivity index (χ4v) is 2.71. The predicted molar refractivity (Wildman–Crippen MR) is 90.0 cm³/mol. The fourth-order valence-electron chi connectivity index (χ4n) is 2.71. The van der Waals surface area contributed by atoms with E-state index in [1.165, 1.54) is 6.07 Å². The second-order valence-electron chi connectivity index (χ2n) is 5.89. The quantitative estimate of drug-likeness (QED) is 0.854. The van der Waals surface area contributed by atoms with E-state index in [9.17, 15) is 9.18 Å². The van der Waals surface area contributed by atoms with Crippen molar-refractivity contribution in [3.63, 3.8) is 0 Å². The van der Waals surface area contributed by atoms with E-state index in [0.717, 1.165) is 25.5 Å². The van der Waals surface area contributed by atoms with Crippen molar-refractivity contribution in [3.8, 4) is 5.88 Å². The van der Waals surface area contributed by atoms with Crippen molar-refractivity contribution in [1.82, 2.24) is 10.3 Å². The Morgan fingerprint density at radius 3 is 3.04 bits per heavy atom. The summed E-state index contributed by atoms with van der Waals surface area (Å²) >= 11 is 0. The van der Waals surface area contributed by atoms with Crippen LogP contribution in [0.1, 0.15) is 22.8 Å². The molecule has 2 heterocycles. The summed E-state index contributed by atoms with van der Waals surface area (Å²) in [6, 6.07) is 10.3. The topological polar surface area (TPSA) is 54.5 Å². The highest BCUT2D eigenvalue weighted by Gasteiger charge is 2.17. The van der Waals surface area contributed by atoms with Crippen LogP contribution in [0.5, 0.6) is 5.88 Å². The number of piperazine rings is 1. The van der Waals surface area contributed by atoms with E-state index in [4.69, 9.17) is 4.74 Å². The van der Waals surface area contributed by atoms with Crippen molar-refractivity contribution in [2.24, 2.45) is 0 Å². The Morgan fingerprint density at radius 1 is 1.42 bits per heavy atom. The third kappa shape index (κ3) is 3.89. The summed E-state index contributed by atoms with van der Waals surface area (Å²) in [5.41, 5.74) is 0.702. The first-order valence-electron chi connectivity index (χ1n) is 7.97. The van der Waals surface area contributed by atoms with Crippen molar-refractivity contribution >= 4 is 12.1 Å². The van der Waals surface area contributed by atoms with Crippen molar-refractivity contribution in [2.45, 2.75) is 19.6 Å². The molecule has 1 unspecified atom stereocenters. The minimum atomic E-state index is -0.452. The van der Waals surface area contributed by atoms with Crippen LogP contribution < -0.4 is 15.0 Å². The van der Waals surface area contributed by atoms with E-state index in [2.05, 4.69) is 22.1 Å². The molecule has 1 atom stereocenters. The molecule has 0 aliphatic carbocycles. The summed E-state index contributed by atoms with van der Waals surface area (Å²) in [5.74, 6) is 0.863. The third-order valence-electron chi connectivity index (χ3n) is 3.99. The van der Waals surface area contributed by atoms with Gasteiger partial charge in [0.1, 0.15) is 24.5 Å². The lowest BCUT2D eigenvalue weighted by atomic mass is 10.1. The molecule has 0 bridgehead atoms. The predicted octanol–water partition coefficient (Wildman–Crippen LogP) is 2.41. The summed E-state index contributed by atoms with van der Waals surface area (Å²) in [7, 11) is 0. The van der Waals surface area contributed by atoms with Gasteiger partial charge in [-0.3, -0.25) is 4.79 Å². The zero-order chi connectivity index (χ0) is 16.9. The molecule has 24 heavy (non-hydrogen) atoms. The minimum Gasteiger partial charge on any atom is -0.473 e. The second kappa shape index (κ2) is 7.40. The molecule has 0 radical (unpaired) electrons. The van der Waals surface area contributed by atoms with Gasteiger partial charge in [0.05, 0.1) is 0 Å². The van der Waals surface area contributed by atoms with Gasteiger partial charge in [0.2, 0.25) is 5.88 Å². The number of pyridine rings is 1. The first-order valence-corrected chi connectivity index (χ1v) is 7.97.